The summed E-state index contributed by atoms with van der Waals surface area (Å²) in [4.78, 5) is 1.14. The molecule has 0 saturated heterocycles. The standard InChI is InChI=1S/C15H16ClNO2S2/c1-20-15-5-3-2-4-14(15)17-21(18,19)13-8-6-12(7-9-13)10-11-16/h2-9,17H,10-11H2,1H3. The highest BCUT2D eigenvalue weighted by Gasteiger charge is 2.15. The van der Waals surface area contributed by atoms with Crippen molar-refractivity contribution < 1.29 is 8.42 Å². The fourth-order valence-electron chi connectivity index (χ4n) is 1.88. The van der Waals surface area contributed by atoms with E-state index in [1.807, 2.05) is 18.4 Å². The van der Waals surface area contributed by atoms with Crippen molar-refractivity contribution in [2.45, 2.75) is 16.2 Å². The molecule has 0 heterocycles. The van der Waals surface area contributed by atoms with Crippen molar-refractivity contribution in [3.8, 4) is 0 Å². The molecule has 0 spiro atoms. The Bertz CT molecular complexity index is 700. The number of benzene rings is 2. The first-order valence-electron chi connectivity index (χ1n) is 6.37. The summed E-state index contributed by atoms with van der Waals surface area (Å²) in [6.07, 6.45) is 2.64. The number of nitrogens with one attached hydrogen (secondary N) is 1. The highest BCUT2D eigenvalue weighted by atomic mass is 35.5. The average molecular weight is 342 g/mol. The van der Waals surface area contributed by atoms with Gasteiger partial charge in [-0.05, 0) is 42.5 Å². The van der Waals surface area contributed by atoms with Crippen molar-refractivity contribution >= 4 is 39.1 Å². The molecule has 2 aromatic carbocycles. The molecule has 0 bridgehead atoms. The van der Waals surface area contributed by atoms with E-state index >= 15 is 0 Å². The second-order valence-electron chi connectivity index (χ2n) is 4.39. The number of sulfonamides is 1. The summed E-state index contributed by atoms with van der Waals surface area (Å²) in [6, 6.07) is 14.1. The monoisotopic (exact) mass is 341 g/mol. The summed E-state index contributed by atoms with van der Waals surface area (Å²) in [5.74, 6) is 0.519. The van der Waals surface area contributed by atoms with Gasteiger partial charge >= 0.3 is 0 Å². The van der Waals surface area contributed by atoms with Crippen LogP contribution in [0.15, 0.2) is 58.3 Å². The molecular formula is C15H16ClNO2S2. The summed E-state index contributed by atoms with van der Waals surface area (Å²) in [5.41, 5.74) is 1.61. The van der Waals surface area contributed by atoms with Gasteiger partial charge in [0, 0.05) is 10.8 Å². The number of halogens is 1. The average Bonchev–Trinajstić information content (AvgIpc) is 2.48. The molecule has 0 aliphatic carbocycles. The van der Waals surface area contributed by atoms with E-state index in [9.17, 15) is 8.42 Å². The van der Waals surface area contributed by atoms with E-state index in [0.29, 0.717) is 11.6 Å². The van der Waals surface area contributed by atoms with Crippen LogP contribution < -0.4 is 4.72 Å². The van der Waals surface area contributed by atoms with Gasteiger partial charge in [-0.15, -0.1) is 23.4 Å². The molecule has 2 rings (SSSR count). The first-order valence-corrected chi connectivity index (χ1v) is 9.62. The third-order valence-electron chi connectivity index (χ3n) is 2.97. The smallest absolute Gasteiger partial charge is 0.261 e. The number of para-hydroxylation sites is 1. The predicted octanol–water partition coefficient (Wildman–Crippen LogP) is 3.99. The van der Waals surface area contributed by atoms with Crippen LogP contribution in [0.25, 0.3) is 0 Å². The maximum Gasteiger partial charge on any atom is 0.261 e. The molecule has 0 aliphatic rings. The number of hydrogen-bond donors (Lipinski definition) is 1. The van der Waals surface area contributed by atoms with Gasteiger partial charge in [0.25, 0.3) is 10.0 Å². The van der Waals surface area contributed by atoms with Crippen molar-refractivity contribution in [1.29, 1.82) is 0 Å². The van der Waals surface area contributed by atoms with Crippen LogP contribution in [0.5, 0.6) is 0 Å². The SMILES string of the molecule is CSc1ccccc1NS(=O)(=O)c1ccc(CCCl)cc1. The van der Waals surface area contributed by atoms with Crippen LogP contribution in [-0.2, 0) is 16.4 Å². The normalized spacial score (nSPS) is 11.3. The van der Waals surface area contributed by atoms with Crippen LogP contribution in [0, 0.1) is 0 Å². The number of alkyl halides is 1. The molecule has 0 aromatic heterocycles. The van der Waals surface area contributed by atoms with Gasteiger partial charge in [-0.3, -0.25) is 4.72 Å². The van der Waals surface area contributed by atoms with Gasteiger partial charge in [0.2, 0.25) is 0 Å². The van der Waals surface area contributed by atoms with Crippen LogP contribution in [0.4, 0.5) is 5.69 Å². The largest absolute Gasteiger partial charge is 0.278 e. The third-order valence-corrected chi connectivity index (χ3v) is 5.33. The number of hydrogen-bond acceptors (Lipinski definition) is 3. The molecule has 21 heavy (non-hydrogen) atoms. The molecule has 0 saturated carbocycles. The highest BCUT2D eigenvalue weighted by molar-refractivity contribution is 7.99. The second-order valence-corrected chi connectivity index (χ2v) is 7.30. The van der Waals surface area contributed by atoms with Gasteiger partial charge in [-0.1, -0.05) is 24.3 Å². The van der Waals surface area contributed by atoms with E-state index in [1.54, 1.807) is 36.4 Å². The topological polar surface area (TPSA) is 46.2 Å². The molecule has 0 aliphatic heterocycles. The lowest BCUT2D eigenvalue weighted by atomic mass is 10.2. The Morgan fingerprint density at radius 3 is 2.38 bits per heavy atom. The van der Waals surface area contributed by atoms with Gasteiger partial charge in [-0.25, -0.2) is 8.42 Å². The van der Waals surface area contributed by atoms with E-state index in [4.69, 9.17) is 11.6 Å². The molecule has 0 fully saturated rings. The zero-order valence-electron chi connectivity index (χ0n) is 11.5. The number of rotatable bonds is 6. The van der Waals surface area contributed by atoms with Gasteiger partial charge in [-0.2, -0.15) is 0 Å². The van der Waals surface area contributed by atoms with E-state index in [-0.39, 0.29) is 4.90 Å². The Hall–Kier alpha value is -1.17. The molecule has 0 amide bonds. The molecule has 0 radical (unpaired) electrons. The minimum Gasteiger partial charge on any atom is -0.278 e. The fraction of sp³-hybridized carbons (Fsp3) is 0.200. The van der Waals surface area contributed by atoms with Crippen molar-refractivity contribution in [1.82, 2.24) is 0 Å². The third kappa shape index (κ3) is 4.15. The Balaban J connectivity index is 2.25. The van der Waals surface area contributed by atoms with Crippen LogP contribution in [0.3, 0.4) is 0 Å². The first kappa shape index (κ1) is 16.2. The zero-order valence-corrected chi connectivity index (χ0v) is 13.9. The fourth-order valence-corrected chi connectivity index (χ4v) is 3.79. The minimum absolute atomic E-state index is 0.247. The molecule has 3 nitrogen and oxygen atoms in total. The quantitative estimate of drug-likeness (QED) is 0.638. The summed E-state index contributed by atoms with van der Waals surface area (Å²) in [6.45, 7) is 0. The van der Waals surface area contributed by atoms with Crippen molar-refractivity contribution in [3.63, 3.8) is 0 Å². The van der Waals surface area contributed by atoms with E-state index in [0.717, 1.165) is 16.9 Å². The lowest BCUT2D eigenvalue weighted by Gasteiger charge is -2.11. The number of anilines is 1. The van der Waals surface area contributed by atoms with Crippen LogP contribution >= 0.6 is 23.4 Å². The molecule has 0 unspecified atom stereocenters. The van der Waals surface area contributed by atoms with Crippen molar-refractivity contribution in [3.05, 3.63) is 54.1 Å². The second kappa shape index (κ2) is 7.20. The maximum atomic E-state index is 12.4. The lowest BCUT2D eigenvalue weighted by Crippen LogP contribution is -2.13. The molecule has 1 N–H and O–H groups in total. The summed E-state index contributed by atoms with van der Waals surface area (Å²) in [5, 5.41) is 0. The van der Waals surface area contributed by atoms with Gasteiger partial charge in [0.15, 0.2) is 0 Å². The van der Waals surface area contributed by atoms with Crippen molar-refractivity contribution in [2.75, 3.05) is 16.9 Å². The molecule has 2 aromatic rings. The van der Waals surface area contributed by atoms with E-state index in [1.165, 1.54) is 11.8 Å². The molecular weight excluding hydrogens is 326 g/mol. The molecule has 6 heteroatoms. The van der Waals surface area contributed by atoms with E-state index in [2.05, 4.69) is 4.72 Å². The molecule has 112 valence electrons. The predicted molar refractivity (Wildman–Crippen MR) is 89.9 cm³/mol. The Kier molecular flexibility index (Phi) is 5.56. The van der Waals surface area contributed by atoms with Gasteiger partial charge < -0.3 is 0 Å². The Morgan fingerprint density at radius 2 is 1.76 bits per heavy atom. The lowest BCUT2D eigenvalue weighted by molar-refractivity contribution is 0.601. The van der Waals surface area contributed by atoms with Crippen LogP contribution in [0.2, 0.25) is 0 Å². The number of thioether (sulfide) groups is 1. The van der Waals surface area contributed by atoms with E-state index < -0.39 is 10.0 Å². The summed E-state index contributed by atoms with van der Waals surface area (Å²) in [7, 11) is -3.57. The van der Waals surface area contributed by atoms with Crippen LogP contribution in [0.1, 0.15) is 5.56 Å². The Morgan fingerprint density at radius 1 is 1.10 bits per heavy atom. The summed E-state index contributed by atoms with van der Waals surface area (Å²) < 4.78 is 27.4. The maximum absolute atomic E-state index is 12.4. The van der Waals surface area contributed by atoms with Crippen molar-refractivity contribution in [2.24, 2.45) is 0 Å². The van der Waals surface area contributed by atoms with Crippen LogP contribution in [-0.4, -0.2) is 20.6 Å². The summed E-state index contributed by atoms with van der Waals surface area (Å²) >= 11 is 7.17. The van der Waals surface area contributed by atoms with Gasteiger partial charge in [0.05, 0.1) is 10.6 Å². The minimum atomic E-state index is -3.57. The first-order chi connectivity index (χ1) is 10.1. The zero-order chi connectivity index (χ0) is 15.3. The molecule has 0 atom stereocenters. The van der Waals surface area contributed by atoms with Gasteiger partial charge in [0.1, 0.15) is 0 Å². The highest BCUT2D eigenvalue weighted by Crippen LogP contribution is 2.27. The number of aryl methyl sites for hydroxylation is 1. The Labute approximate surface area is 134 Å².